The summed E-state index contributed by atoms with van der Waals surface area (Å²) in [6, 6.07) is 8.24. The molecular weight excluding hydrogens is 224 g/mol. The Labute approximate surface area is 109 Å². The average molecular weight is 246 g/mol. The highest BCUT2D eigenvalue weighted by atomic mass is 16.2. The Hall–Kier alpha value is -1.35. The third kappa shape index (κ3) is 2.72. The smallest absolute Gasteiger partial charge is 0.223 e. The highest BCUT2D eigenvalue weighted by molar-refractivity contribution is 5.77. The number of likely N-dealkylation sites (tertiary alicyclic amines) is 1. The molecule has 1 heterocycles. The van der Waals surface area contributed by atoms with E-state index in [4.69, 9.17) is 5.73 Å². The number of hydrogen-bond donors (Lipinski definition) is 1. The molecule has 3 heteroatoms. The first-order valence-electron chi connectivity index (χ1n) is 6.65. The van der Waals surface area contributed by atoms with Crippen molar-refractivity contribution in [3.8, 4) is 0 Å². The van der Waals surface area contributed by atoms with E-state index in [9.17, 15) is 4.79 Å². The summed E-state index contributed by atoms with van der Waals surface area (Å²) in [6.07, 6.45) is 2.35. The second kappa shape index (κ2) is 5.11. The number of nitrogens with two attached hydrogens (primary N) is 1. The minimum atomic E-state index is -0.127. The van der Waals surface area contributed by atoms with Crippen LogP contribution in [-0.2, 0) is 11.2 Å². The molecule has 1 aliphatic heterocycles. The van der Waals surface area contributed by atoms with Crippen molar-refractivity contribution in [2.45, 2.75) is 38.6 Å². The van der Waals surface area contributed by atoms with Crippen molar-refractivity contribution in [1.29, 1.82) is 0 Å². The van der Waals surface area contributed by atoms with Crippen LogP contribution in [0.1, 0.15) is 30.9 Å². The van der Waals surface area contributed by atoms with E-state index in [2.05, 4.69) is 26.0 Å². The van der Waals surface area contributed by atoms with E-state index in [0.717, 1.165) is 25.9 Å². The van der Waals surface area contributed by atoms with E-state index < -0.39 is 0 Å². The van der Waals surface area contributed by atoms with Crippen molar-refractivity contribution in [3.63, 3.8) is 0 Å². The van der Waals surface area contributed by atoms with Crippen molar-refractivity contribution in [2.24, 2.45) is 5.73 Å². The molecule has 0 saturated carbocycles. The van der Waals surface area contributed by atoms with Gasteiger partial charge in [0.25, 0.3) is 0 Å². The van der Waals surface area contributed by atoms with Gasteiger partial charge in [0.1, 0.15) is 0 Å². The Morgan fingerprint density at radius 3 is 2.67 bits per heavy atom. The summed E-state index contributed by atoms with van der Waals surface area (Å²) in [5.74, 6) is 0.229. The topological polar surface area (TPSA) is 46.3 Å². The fourth-order valence-corrected chi connectivity index (χ4v) is 2.40. The van der Waals surface area contributed by atoms with Gasteiger partial charge in [-0.2, -0.15) is 0 Å². The number of benzene rings is 1. The maximum Gasteiger partial charge on any atom is 0.223 e. The largest absolute Gasteiger partial charge is 0.339 e. The first kappa shape index (κ1) is 13.1. The van der Waals surface area contributed by atoms with Gasteiger partial charge in [-0.1, -0.05) is 31.2 Å². The Bertz CT molecular complexity index is 436. The van der Waals surface area contributed by atoms with E-state index >= 15 is 0 Å². The van der Waals surface area contributed by atoms with Crippen molar-refractivity contribution < 1.29 is 4.79 Å². The fraction of sp³-hybridized carbons (Fsp3) is 0.533. The summed E-state index contributed by atoms with van der Waals surface area (Å²) in [5, 5.41) is 0. The van der Waals surface area contributed by atoms with Crippen LogP contribution in [0.25, 0.3) is 0 Å². The van der Waals surface area contributed by atoms with Crippen LogP contribution in [0.2, 0.25) is 0 Å². The molecule has 1 aliphatic rings. The predicted molar refractivity (Wildman–Crippen MR) is 73.3 cm³/mol. The van der Waals surface area contributed by atoms with E-state index in [1.54, 1.807) is 0 Å². The SMILES string of the molecule is CCC1(N)CN(C(=O)CCc2ccccc2C)C1. The third-order valence-corrected chi connectivity index (χ3v) is 3.94. The molecule has 0 atom stereocenters. The summed E-state index contributed by atoms with van der Waals surface area (Å²) in [6.45, 7) is 5.60. The van der Waals surface area contributed by atoms with Gasteiger partial charge in [-0.25, -0.2) is 0 Å². The summed E-state index contributed by atoms with van der Waals surface area (Å²) in [7, 11) is 0. The Morgan fingerprint density at radius 1 is 1.39 bits per heavy atom. The fourth-order valence-electron chi connectivity index (χ4n) is 2.40. The normalized spacial score (nSPS) is 17.4. The maximum absolute atomic E-state index is 12.0. The molecule has 0 aromatic heterocycles. The highest BCUT2D eigenvalue weighted by Crippen LogP contribution is 2.22. The van der Waals surface area contributed by atoms with Gasteiger partial charge in [0.2, 0.25) is 5.91 Å². The zero-order valence-corrected chi connectivity index (χ0v) is 11.3. The van der Waals surface area contributed by atoms with Crippen LogP contribution >= 0.6 is 0 Å². The number of aryl methyl sites for hydroxylation is 2. The minimum absolute atomic E-state index is 0.127. The van der Waals surface area contributed by atoms with Crippen LogP contribution in [0.15, 0.2) is 24.3 Å². The van der Waals surface area contributed by atoms with Gasteiger partial charge < -0.3 is 10.6 Å². The number of carbonyl (C=O) groups excluding carboxylic acids is 1. The van der Waals surface area contributed by atoms with Gasteiger partial charge in [-0.15, -0.1) is 0 Å². The summed E-state index contributed by atoms with van der Waals surface area (Å²) in [5.41, 5.74) is 8.47. The summed E-state index contributed by atoms with van der Waals surface area (Å²) < 4.78 is 0. The van der Waals surface area contributed by atoms with Crippen LogP contribution in [0, 0.1) is 6.92 Å². The second-order valence-electron chi connectivity index (χ2n) is 5.39. The van der Waals surface area contributed by atoms with Gasteiger partial charge in [-0.05, 0) is 30.9 Å². The van der Waals surface area contributed by atoms with E-state index in [1.165, 1.54) is 11.1 Å². The molecule has 1 saturated heterocycles. The summed E-state index contributed by atoms with van der Waals surface area (Å²) in [4.78, 5) is 13.9. The number of hydrogen-bond acceptors (Lipinski definition) is 2. The molecule has 0 unspecified atom stereocenters. The molecule has 2 N–H and O–H groups in total. The molecule has 1 amide bonds. The zero-order valence-electron chi connectivity index (χ0n) is 11.3. The quantitative estimate of drug-likeness (QED) is 0.881. The Balaban J connectivity index is 1.82. The minimum Gasteiger partial charge on any atom is -0.339 e. The number of rotatable bonds is 4. The molecular formula is C15H22N2O. The van der Waals surface area contributed by atoms with E-state index in [-0.39, 0.29) is 11.4 Å². The number of amides is 1. The lowest BCUT2D eigenvalue weighted by Gasteiger charge is -2.47. The maximum atomic E-state index is 12.0. The Morgan fingerprint density at radius 2 is 2.06 bits per heavy atom. The number of carbonyl (C=O) groups is 1. The molecule has 2 rings (SSSR count). The summed E-state index contributed by atoms with van der Waals surface area (Å²) >= 11 is 0. The van der Waals surface area contributed by atoms with Crippen molar-refractivity contribution >= 4 is 5.91 Å². The lowest BCUT2D eigenvalue weighted by Crippen LogP contribution is -2.68. The lowest BCUT2D eigenvalue weighted by atomic mass is 9.88. The Kier molecular flexibility index (Phi) is 3.71. The van der Waals surface area contributed by atoms with Gasteiger partial charge in [0.05, 0.1) is 5.54 Å². The first-order chi connectivity index (χ1) is 8.54. The molecule has 1 fully saturated rings. The molecule has 0 spiro atoms. The van der Waals surface area contributed by atoms with Gasteiger partial charge in [0, 0.05) is 19.5 Å². The van der Waals surface area contributed by atoms with Crippen LogP contribution in [0.4, 0.5) is 0 Å². The van der Waals surface area contributed by atoms with Crippen molar-refractivity contribution in [3.05, 3.63) is 35.4 Å². The molecule has 98 valence electrons. The second-order valence-corrected chi connectivity index (χ2v) is 5.39. The highest BCUT2D eigenvalue weighted by Gasteiger charge is 2.39. The standard InChI is InChI=1S/C15H22N2O/c1-3-15(16)10-17(11-15)14(18)9-8-13-7-5-4-6-12(13)2/h4-7H,3,8-11,16H2,1-2H3. The van der Waals surface area contributed by atoms with E-state index in [0.29, 0.717) is 6.42 Å². The van der Waals surface area contributed by atoms with E-state index in [1.807, 2.05) is 17.0 Å². The zero-order chi connectivity index (χ0) is 13.2. The molecule has 0 bridgehead atoms. The van der Waals surface area contributed by atoms with Gasteiger partial charge >= 0.3 is 0 Å². The molecule has 1 aromatic carbocycles. The van der Waals surface area contributed by atoms with Crippen molar-refractivity contribution in [1.82, 2.24) is 4.90 Å². The van der Waals surface area contributed by atoms with Crippen LogP contribution < -0.4 is 5.73 Å². The van der Waals surface area contributed by atoms with Gasteiger partial charge in [0.15, 0.2) is 0 Å². The first-order valence-corrected chi connectivity index (χ1v) is 6.65. The molecule has 0 aliphatic carbocycles. The monoisotopic (exact) mass is 246 g/mol. The average Bonchev–Trinajstić information content (AvgIpc) is 2.33. The molecule has 1 aromatic rings. The van der Waals surface area contributed by atoms with Crippen molar-refractivity contribution in [2.75, 3.05) is 13.1 Å². The van der Waals surface area contributed by atoms with Gasteiger partial charge in [-0.3, -0.25) is 4.79 Å². The molecule has 0 radical (unpaired) electrons. The molecule has 3 nitrogen and oxygen atoms in total. The predicted octanol–water partition coefficient (Wildman–Crippen LogP) is 1.88. The van der Waals surface area contributed by atoms with Crippen LogP contribution in [0.3, 0.4) is 0 Å². The van der Waals surface area contributed by atoms with Crippen LogP contribution in [0.5, 0.6) is 0 Å². The lowest BCUT2D eigenvalue weighted by molar-refractivity contribution is -0.138. The third-order valence-electron chi connectivity index (χ3n) is 3.94. The number of nitrogens with zero attached hydrogens (tertiary/aromatic N) is 1. The molecule has 18 heavy (non-hydrogen) atoms. The van der Waals surface area contributed by atoms with Crippen LogP contribution in [-0.4, -0.2) is 29.4 Å².